The van der Waals surface area contributed by atoms with Crippen LogP contribution in [-0.2, 0) is 9.47 Å². The Hall–Kier alpha value is -0.420. The fourth-order valence-electron chi connectivity index (χ4n) is 5.22. The Morgan fingerprint density at radius 3 is 2.60 bits per heavy atom. The van der Waals surface area contributed by atoms with E-state index in [1.165, 1.54) is 25.7 Å². The molecule has 0 aromatic heterocycles. The molecule has 3 aliphatic rings. The summed E-state index contributed by atoms with van der Waals surface area (Å²) in [6.07, 6.45) is 12.8. The number of aliphatic hydroxyl groups excluding tert-OH is 2. The molecule has 1 spiro atoms. The molecule has 3 rings (SSSR count). The van der Waals surface area contributed by atoms with Gasteiger partial charge in [0, 0.05) is 17.8 Å². The van der Waals surface area contributed by atoms with Crippen molar-refractivity contribution >= 4 is 0 Å². The molecule has 0 unspecified atom stereocenters. The third-order valence-corrected chi connectivity index (χ3v) is 6.96. The van der Waals surface area contributed by atoms with E-state index in [4.69, 9.17) is 9.47 Å². The third kappa shape index (κ3) is 3.69. The van der Waals surface area contributed by atoms with Crippen LogP contribution in [0.15, 0.2) is 12.2 Å². The lowest BCUT2D eigenvalue weighted by Crippen LogP contribution is -2.67. The number of rotatable bonds is 8. The quantitative estimate of drug-likeness (QED) is 0.515. The highest BCUT2D eigenvalue weighted by Crippen LogP contribution is 2.66. The number of unbranched alkanes of at least 4 members (excludes halogenated alkanes) is 4. The van der Waals surface area contributed by atoms with Gasteiger partial charge in [-0.25, -0.2) is 0 Å². The maximum absolute atomic E-state index is 10.5. The number of hydrogen-bond donors (Lipinski definition) is 2. The van der Waals surface area contributed by atoms with Crippen molar-refractivity contribution in [1.29, 1.82) is 0 Å². The molecule has 1 aliphatic heterocycles. The predicted molar refractivity (Wildman–Crippen MR) is 98.1 cm³/mol. The van der Waals surface area contributed by atoms with Gasteiger partial charge in [-0.3, -0.25) is 0 Å². The van der Waals surface area contributed by atoms with E-state index in [1.807, 2.05) is 6.08 Å². The van der Waals surface area contributed by atoms with Gasteiger partial charge in [0.2, 0.25) is 0 Å². The average molecular weight is 353 g/mol. The standard InChI is InChI=1S/C21H36O4/c1-3-4-5-6-7-8-16(22)9-10-17-18-15-21(24-13-14-25-21)20(18,2)12-11-19(17)23/h9-10,16-19,22-23H,3-8,11-15H2,1-2H3/b10-9+/t16-,17-,18-,19-,20+/m0/s1. The van der Waals surface area contributed by atoms with Crippen molar-refractivity contribution in [3.63, 3.8) is 0 Å². The van der Waals surface area contributed by atoms with Gasteiger partial charge in [0.25, 0.3) is 0 Å². The van der Waals surface area contributed by atoms with Gasteiger partial charge in [-0.1, -0.05) is 58.1 Å². The van der Waals surface area contributed by atoms with Gasteiger partial charge in [-0.05, 0) is 25.2 Å². The summed E-state index contributed by atoms with van der Waals surface area (Å²) in [4.78, 5) is 0. The molecule has 0 aromatic rings. The second-order valence-corrected chi connectivity index (χ2v) is 8.52. The number of ether oxygens (including phenoxy) is 2. The van der Waals surface area contributed by atoms with Crippen LogP contribution in [0.3, 0.4) is 0 Å². The molecule has 0 amide bonds. The molecule has 1 heterocycles. The summed E-state index contributed by atoms with van der Waals surface area (Å²) in [5.74, 6) is 0.0659. The molecule has 25 heavy (non-hydrogen) atoms. The first-order valence-corrected chi connectivity index (χ1v) is 10.3. The van der Waals surface area contributed by atoms with E-state index in [0.29, 0.717) is 19.1 Å². The van der Waals surface area contributed by atoms with Crippen molar-refractivity contribution in [2.75, 3.05) is 13.2 Å². The molecule has 3 fully saturated rings. The lowest BCUT2D eigenvalue weighted by molar-refractivity contribution is -0.344. The van der Waals surface area contributed by atoms with Crippen LogP contribution in [0.5, 0.6) is 0 Å². The zero-order chi connectivity index (χ0) is 17.9. The summed E-state index contributed by atoms with van der Waals surface area (Å²) in [5, 5.41) is 20.8. The van der Waals surface area contributed by atoms with Crippen LogP contribution in [0.1, 0.15) is 71.6 Å². The van der Waals surface area contributed by atoms with E-state index < -0.39 is 11.9 Å². The minimum Gasteiger partial charge on any atom is -0.393 e. The maximum atomic E-state index is 10.5. The summed E-state index contributed by atoms with van der Waals surface area (Å²) < 4.78 is 11.9. The zero-order valence-electron chi connectivity index (χ0n) is 16.0. The molecule has 0 radical (unpaired) electrons. The Morgan fingerprint density at radius 1 is 1.16 bits per heavy atom. The van der Waals surface area contributed by atoms with Crippen molar-refractivity contribution in [3.8, 4) is 0 Å². The van der Waals surface area contributed by atoms with Crippen molar-refractivity contribution < 1.29 is 19.7 Å². The van der Waals surface area contributed by atoms with E-state index in [1.54, 1.807) is 0 Å². The first-order valence-electron chi connectivity index (χ1n) is 10.3. The smallest absolute Gasteiger partial charge is 0.174 e. The van der Waals surface area contributed by atoms with E-state index >= 15 is 0 Å². The van der Waals surface area contributed by atoms with E-state index in [-0.39, 0.29) is 17.4 Å². The van der Waals surface area contributed by atoms with Crippen LogP contribution < -0.4 is 0 Å². The molecule has 2 aliphatic carbocycles. The summed E-state index contributed by atoms with van der Waals surface area (Å²) in [5.41, 5.74) is -0.0111. The Labute approximate surface area is 152 Å². The normalized spacial score (nSPS) is 38.0. The molecule has 144 valence electrons. The molecular formula is C21H36O4. The van der Waals surface area contributed by atoms with Crippen LogP contribution >= 0.6 is 0 Å². The minimum atomic E-state index is -0.415. The Morgan fingerprint density at radius 2 is 1.88 bits per heavy atom. The lowest BCUT2D eigenvalue weighted by atomic mass is 9.47. The van der Waals surface area contributed by atoms with Gasteiger partial charge in [0.1, 0.15) is 0 Å². The molecule has 0 bridgehead atoms. The summed E-state index contributed by atoms with van der Waals surface area (Å²) in [6.45, 7) is 5.83. The largest absolute Gasteiger partial charge is 0.393 e. The molecule has 4 heteroatoms. The van der Waals surface area contributed by atoms with Gasteiger partial charge in [0.15, 0.2) is 5.79 Å². The van der Waals surface area contributed by atoms with Crippen molar-refractivity contribution in [1.82, 2.24) is 0 Å². The lowest BCUT2D eigenvalue weighted by Gasteiger charge is -2.64. The molecule has 4 nitrogen and oxygen atoms in total. The Bertz CT molecular complexity index is 457. The molecule has 2 saturated carbocycles. The summed E-state index contributed by atoms with van der Waals surface area (Å²) in [6, 6.07) is 0. The van der Waals surface area contributed by atoms with Crippen molar-refractivity contribution in [2.24, 2.45) is 17.3 Å². The van der Waals surface area contributed by atoms with E-state index in [9.17, 15) is 10.2 Å². The second kappa shape index (κ2) is 8.08. The highest BCUT2D eigenvalue weighted by molar-refractivity contribution is 5.17. The Kier molecular flexibility index (Phi) is 6.25. The van der Waals surface area contributed by atoms with Crippen LogP contribution in [0.25, 0.3) is 0 Å². The Balaban J connectivity index is 1.53. The van der Waals surface area contributed by atoms with E-state index in [2.05, 4.69) is 19.9 Å². The van der Waals surface area contributed by atoms with Gasteiger partial charge in [0.05, 0.1) is 25.4 Å². The van der Waals surface area contributed by atoms with Crippen molar-refractivity contribution in [3.05, 3.63) is 12.2 Å². The third-order valence-electron chi connectivity index (χ3n) is 6.96. The zero-order valence-corrected chi connectivity index (χ0v) is 16.0. The topological polar surface area (TPSA) is 58.9 Å². The predicted octanol–water partition coefficient (Wildman–Crippen LogP) is 3.80. The highest BCUT2D eigenvalue weighted by Gasteiger charge is 2.69. The highest BCUT2D eigenvalue weighted by atomic mass is 16.7. The molecule has 5 atom stereocenters. The van der Waals surface area contributed by atoms with Crippen LogP contribution in [0.2, 0.25) is 0 Å². The first kappa shape index (κ1) is 19.3. The average Bonchev–Trinajstić information content (AvgIpc) is 3.10. The van der Waals surface area contributed by atoms with Gasteiger partial charge in [-0.15, -0.1) is 0 Å². The summed E-state index contributed by atoms with van der Waals surface area (Å²) in [7, 11) is 0. The fourth-order valence-corrected chi connectivity index (χ4v) is 5.22. The second-order valence-electron chi connectivity index (χ2n) is 8.52. The van der Waals surface area contributed by atoms with Crippen LogP contribution in [0.4, 0.5) is 0 Å². The van der Waals surface area contributed by atoms with Gasteiger partial charge in [-0.2, -0.15) is 0 Å². The fraction of sp³-hybridized carbons (Fsp3) is 0.905. The van der Waals surface area contributed by atoms with Crippen LogP contribution in [0, 0.1) is 17.3 Å². The number of aliphatic hydroxyl groups is 2. The van der Waals surface area contributed by atoms with Gasteiger partial charge >= 0.3 is 0 Å². The minimum absolute atomic E-state index is 0.0111. The summed E-state index contributed by atoms with van der Waals surface area (Å²) >= 11 is 0. The number of fused-ring (bicyclic) bond motifs is 2. The molecule has 1 saturated heterocycles. The van der Waals surface area contributed by atoms with E-state index in [0.717, 1.165) is 32.1 Å². The SMILES string of the molecule is CCCCCCC[C@H](O)/C=C/[C@@H]1[C@@H](O)CC[C@]2(C)[C@H]1CC21OCCO1. The maximum Gasteiger partial charge on any atom is 0.174 e. The van der Waals surface area contributed by atoms with Crippen molar-refractivity contribution in [2.45, 2.75) is 89.6 Å². The van der Waals surface area contributed by atoms with Crippen LogP contribution in [-0.4, -0.2) is 41.4 Å². The first-order chi connectivity index (χ1) is 12.0. The molecule has 0 aromatic carbocycles. The molecular weight excluding hydrogens is 316 g/mol. The monoisotopic (exact) mass is 352 g/mol. The van der Waals surface area contributed by atoms with Gasteiger partial charge < -0.3 is 19.7 Å². The number of hydrogen-bond acceptors (Lipinski definition) is 4. The molecule has 2 N–H and O–H groups in total.